The highest BCUT2D eigenvalue weighted by atomic mass is 19.4. The predicted molar refractivity (Wildman–Crippen MR) is 74.1 cm³/mol. The number of hydrogen-bond donors (Lipinski definition) is 1. The van der Waals surface area contributed by atoms with Crippen molar-refractivity contribution < 1.29 is 13.2 Å². The topological polar surface area (TPSA) is 26.0 Å². The molecule has 0 spiro atoms. The maximum atomic E-state index is 12.6. The van der Waals surface area contributed by atoms with E-state index in [9.17, 15) is 13.2 Å². The molecular formula is C16H16F3N. The molecule has 2 rings (SSSR count). The lowest BCUT2D eigenvalue weighted by Gasteiger charge is -2.23. The van der Waals surface area contributed by atoms with E-state index >= 15 is 0 Å². The molecule has 0 heterocycles. The summed E-state index contributed by atoms with van der Waals surface area (Å²) in [6, 6.07) is 12.6. The summed E-state index contributed by atoms with van der Waals surface area (Å²) in [7, 11) is 0. The van der Waals surface area contributed by atoms with Crippen molar-refractivity contribution in [3.8, 4) is 11.1 Å². The summed E-state index contributed by atoms with van der Waals surface area (Å²) < 4.78 is 37.7. The van der Waals surface area contributed by atoms with Crippen molar-refractivity contribution in [2.45, 2.75) is 25.6 Å². The summed E-state index contributed by atoms with van der Waals surface area (Å²) in [5.74, 6) is 0. The fourth-order valence-corrected chi connectivity index (χ4v) is 2.14. The van der Waals surface area contributed by atoms with Crippen LogP contribution in [0.25, 0.3) is 11.1 Å². The van der Waals surface area contributed by atoms with Crippen LogP contribution < -0.4 is 5.73 Å². The lowest BCUT2D eigenvalue weighted by Crippen LogP contribution is -2.29. The van der Waals surface area contributed by atoms with E-state index in [4.69, 9.17) is 5.73 Å². The number of rotatable bonds is 2. The SMILES string of the molecule is CC(C)(N)c1ccccc1-c1ccc(C(F)(F)F)cc1. The van der Waals surface area contributed by atoms with E-state index in [1.54, 1.807) is 0 Å². The van der Waals surface area contributed by atoms with E-state index in [0.29, 0.717) is 0 Å². The van der Waals surface area contributed by atoms with Crippen molar-refractivity contribution in [3.63, 3.8) is 0 Å². The van der Waals surface area contributed by atoms with Gasteiger partial charge >= 0.3 is 6.18 Å². The zero-order chi connectivity index (χ0) is 15.0. The molecule has 4 heteroatoms. The second-order valence-corrected chi connectivity index (χ2v) is 5.34. The number of alkyl halides is 3. The summed E-state index contributed by atoms with van der Waals surface area (Å²) in [6.45, 7) is 3.74. The first-order chi connectivity index (χ1) is 9.19. The summed E-state index contributed by atoms with van der Waals surface area (Å²) in [6.07, 6.45) is -4.31. The van der Waals surface area contributed by atoms with Gasteiger partial charge in [-0.25, -0.2) is 0 Å². The minimum atomic E-state index is -4.31. The Morgan fingerprint density at radius 1 is 0.850 bits per heavy atom. The smallest absolute Gasteiger partial charge is 0.322 e. The normalized spacial score (nSPS) is 12.5. The molecule has 0 atom stereocenters. The average Bonchev–Trinajstić information content (AvgIpc) is 2.37. The van der Waals surface area contributed by atoms with Gasteiger partial charge in [-0.15, -0.1) is 0 Å². The molecule has 0 radical (unpaired) electrons. The van der Waals surface area contributed by atoms with Crippen LogP contribution in [-0.4, -0.2) is 0 Å². The first kappa shape index (κ1) is 14.6. The molecule has 0 aliphatic carbocycles. The second kappa shape index (κ2) is 4.94. The van der Waals surface area contributed by atoms with Gasteiger partial charge in [0, 0.05) is 5.54 Å². The van der Waals surface area contributed by atoms with Gasteiger partial charge in [-0.1, -0.05) is 36.4 Å². The Morgan fingerprint density at radius 3 is 1.90 bits per heavy atom. The van der Waals surface area contributed by atoms with Crippen LogP contribution >= 0.6 is 0 Å². The molecule has 0 aliphatic heterocycles. The quantitative estimate of drug-likeness (QED) is 0.856. The molecule has 0 amide bonds. The molecule has 0 aromatic heterocycles. The van der Waals surface area contributed by atoms with E-state index < -0.39 is 17.3 Å². The highest BCUT2D eigenvalue weighted by Crippen LogP contribution is 2.33. The molecule has 20 heavy (non-hydrogen) atoms. The Labute approximate surface area is 116 Å². The van der Waals surface area contributed by atoms with E-state index in [0.717, 1.165) is 28.8 Å². The van der Waals surface area contributed by atoms with Crippen molar-refractivity contribution in [2.75, 3.05) is 0 Å². The number of benzene rings is 2. The molecule has 1 nitrogen and oxygen atoms in total. The van der Waals surface area contributed by atoms with Gasteiger partial charge in [0.2, 0.25) is 0 Å². The summed E-state index contributed by atoms with van der Waals surface area (Å²) in [4.78, 5) is 0. The molecule has 0 saturated heterocycles. The highest BCUT2D eigenvalue weighted by molar-refractivity contribution is 5.68. The minimum Gasteiger partial charge on any atom is -0.322 e. The lowest BCUT2D eigenvalue weighted by molar-refractivity contribution is -0.137. The van der Waals surface area contributed by atoms with E-state index in [1.165, 1.54) is 12.1 Å². The molecule has 2 aromatic carbocycles. The largest absolute Gasteiger partial charge is 0.416 e. The van der Waals surface area contributed by atoms with Crippen LogP contribution in [0.4, 0.5) is 13.2 Å². The predicted octanol–water partition coefficient (Wildman–Crippen LogP) is 4.57. The monoisotopic (exact) mass is 279 g/mol. The molecule has 0 unspecified atom stereocenters. The molecule has 2 N–H and O–H groups in total. The Balaban J connectivity index is 2.48. The van der Waals surface area contributed by atoms with Crippen LogP contribution in [-0.2, 0) is 11.7 Å². The second-order valence-electron chi connectivity index (χ2n) is 5.34. The van der Waals surface area contributed by atoms with E-state index in [2.05, 4.69) is 0 Å². The zero-order valence-corrected chi connectivity index (χ0v) is 11.3. The van der Waals surface area contributed by atoms with Gasteiger partial charge in [-0.3, -0.25) is 0 Å². The zero-order valence-electron chi connectivity index (χ0n) is 11.3. The molecule has 106 valence electrons. The Morgan fingerprint density at radius 2 is 1.40 bits per heavy atom. The van der Waals surface area contributed by atoms with Gasteiger partial charge in [-0.05, 0) is 42.7 Å². The van der Waals surface area contributed by atoms with Crippen LogP contribution in [0, 0.1) is 0 Å². The van der Waals surface area contributed by atoms with Crippen molar-refractivity contribution in [1.82, 2.24) is 0 Å². The van der Waals surface area contributed by atoms with Gasteiger partial charge in [0.15, 0.2) is 0 Å². The van der Waals surface area contributed by atoms with Gasteiger partial charge in [-0.2, -0.15) is 13.2 Å². The van der Waals surface area contributed by atoms with Crippen LogP contribution in [0.1, 0.15) is 25.0 Å². The van der Waals surface area contributed by atoms with Gasteiger partial charge < -0.3 is 5.73 Å². The molecular weight excluding hydrogens is 263 g/mol. The van der Waals surface area contributed by atoms with Gasteiger partial charge in [0.1, 0.15) is 0 Å². The number of nitrogens with two attached hydrogens (primary N) is 1. The third-order valence-electron chi connectivity index (χ3n) is 3.14. The van der Waals surface area contributed by atoms with Crippen molar-refractivity contribution in [3.05, 3.63) is 59.7 Å². The van der Waals surface area contributed by atoms with Crippen LogP contribution in [0.15, 0.2) is 48.5 Å². The van der Waals surface area contributed by atoms with Crippen LogP contribution in [0.3, 0.4) is 0 Å². The Bertz CT molecular complexity index is 592. The fourth-order valence-electron chi connectivity index (χ4n) is 2.14. The summed E-state index contributed by atoms with van der Waals surface area (Å²) in [5, 5.41) is 0. The maximum Gasteiger partial charge on any atom is 0.416 e. The van der Waals surface area contributed by atoms with Crippen molar-refractivity contribution in [1.29, 1.82) is 0 Å². The average molecular weight is 279 g/mol. The third-order valence-corrected chi connectivity index (χ3v) is 3.14. The maximum absolute atomic E-state index is 12.6. The number of halogens is 3. The van der Waals surface area contributed by atoms with Crippen molar-refractivity contribution in [2.24, 2.45) is 5.73 Å². The summed E-state index contributed by atoms with van der Waals surface area (Å²) in [5.41, 5.74) is 7.40. The fraction of sp³-hybridized carbons (Fsp3) is 0.250. The third kappa shape index (κ3) is 3.02. The molecule has 0 aliphatic rings. The van der Waals surface area contributed by atoms with Crippen molar-refractivity contribution >= 4 is 0 Å². The van der Waals surface area contributed by atoms with Crippen LogP contribution in [0.2, 0.25) is 0 Å². The van der Waals surface area contributed by atoms with Crippen LogP contribution in [0.5, 0.6) is 0 Å². The molecule has 0 fully saturated rings. The molecule has 0 saturated carbocycles. The lowest BCUT2D eigenvalue weighted by atomic mass is 9.88. The van der Waals surface area contributed by atoms with E-state index in [-0.39, 0.29) is 0 Å². The number of hydrogen-bond acceptors (Lipinski definition) is 1. The summed E-state index contributed by atoms with van der Waals surface area (Å²) >= 11 is 0. The molecule has 0 bridgehead atoms. The van der Waals surface area contributed by atoms with E-state index in [1.807, 2.05) is 38.1 Å². The standard InChI is InChI=1S/C16H16F3N/c1-15(2,20)14-6-4-3-5-13(14)11-7-9-12(10-8-11)16(17,18)19/h3-10H,20H2,1-2H3. The molecule has 2 aromatic rings. The Kier molecular flexibility index (Phi) is 3.61. The first-order valence-electron chi connectivity index (χ1n) is 6.25. The minimum absolute atomic E-state index is 0.556. The first-order valence-corrected chi connectivity index (χ1v) is 6.25. The van der Waals surface area contributed by atoms with Gasteiger partial charge in [0.05, 0.1) is 5.56 Å². The highest BCUT2D eigenvalue weighted by Gasteiger charge is 2.30. The Hall–Kier alpha value is -1.81. The van der Waals surface area contributed by atoms with Gasteiger partial charge in [0.25, 0.3) is 0 Å².